The van der Waals surface area contributed by atoms with Gasteiger partial charge in [0.1, 0.15) is 5.82 Å². The highest BCUT2D eigenvalue weighted by molar-refractivity contribution is 5.35. The van der Waals surface area contributed by atoms with Gasteiger partial charge in [0, 0.05) is 12.1 Å². The first kappa shape index (κ1) is 12.2. The van der Waals surface area contributed by atoms with Crippen molar-refractivity contribution in [1.29, 1.82) is 0 Å². The molecule has 0 spiro atoms. The van der Waals surface area contributed by atoms with Gasteiger partial charge in [-0.05, 0) is 54.9 Å². The zero-order valence-corrected chi connectivity index (χ0v) is 11.1. The lowest BCUT2D eigenvalue weighted by Gasteiger charge is -2.32. The third-order valence-corrected chi connectivity index (χ3v) is 4.71. The minimum atomic E-state index is -0.0968. The van der Waals surface area contributed by atoms with E-state index < -0.39 is 0 Å². The third-order valence-electron chi connectivity index (χ3n) is 4.71. The van der Waals surface area contributed by atoms with Crippen molar-refractivity contribution in [3.8, 4) is 0 Å². The molecule has 1 fully saturated rings. The molecule has 1 N–H and O–H groups in total. The largest absolute Gasteiger partial charge is 0.307 e. The number of fused-ring (bicyclic) bond motifs is 1. The van der Waals surface area contributed by atoms with E-state index in [1.54, 1.807) is 12.1 Å². The number of benzene rings is 1. The number of aryl methyl sites for hydroxylation is 1. The highest BCUT2D eigenvalue weighted by Gasteiger charge is 2.28. The lowest BCUT2D eigenvalue weighted by molar-refractivity contribution is 0.258. The first-order valence-corrected chi connectivity index (χ1v) is 7.28. The van der Waals surface area contributed by atoms with E-state index in [0.29, 0.717) is 12.1 Å². The van der Waals surface area contributed by atoms with E-state index in [1.807, 2.05) is 6.07 Å². The van der Waals surface area contributed by atoms with Gasteiger partial charge in [-0.25, -0.2) is 4.39 Å². The molecule has 98 valence electrons. The summed E-state index contributed by atoms with van der Waals surface area (Å²) in [6.07, 6.45) is 7.53. The fourth-order valence-electron chi connectivity index (χ4n) is 3.58. The fraction of sp³-hybridized carbons (Fsp3) is 0.625. The van der Waals surface area contributed by atoms with Crippen LogP contribution in [-0.2, 0) is 6.42 Å². The topological polar surface area (TPSA) is 12.0 Å². The van der Waals surface area contributed by atoms with Crippen molar-refractivity contribution >= 4 is 0 Å². The highest BCUT2D eigenvalue weighted by atomic mass is 19.1. The van der Waals surface area contributed by atoms with Gasteiger partial charge >= 0.3 is 0 Å². The van der Waals surface area contributed by atoms with Gasteiger partial charge in [0.2, 0.25) is 0 Å². The van der Waals surface area contributed by atoms with Crippen LogP contribution in [-0.4, -0.2) is 6.04 Å². The molecule has 0 radical (unpaired) electrons. The molecule has 2 aliphatic carbocycles. The molecule has 3 rings (SSSR count). The lowest BCUT2D eigenvalue weighted by atomic mass is 9.85. The molecule has 0 aromatic heterocycles. The maximum atomic E-state index is 13.2. The van der Waals surface area contributed by atoms with Crippen molar-refractivity contribution in [2.24, 2.45) is 5.92 Å². The Morgan fingerprint density at radius 1 is 1.17 bits per heavy atom. The maximum Gasteiger partial charge on any atom is 0.123 e. The van der Waals surface area contributed by atoms with Crippen LogP contribution in [0.5, 0.6) is 0 Å². The SMILES string of the molecule is CC1CCCCC1NC1CCc2cc(F)ccc21. The monoisotopic (exact) mass is 247 g/mol. The van der Waals surface area contributed by atoms with Crippen LogP contribution in [0.15, 0.2) is 18.2 Å². The van der Waals surface area contributed by atoms with Crippen LogP contribution >= 0.6 is 0 Å². The first-order chi connectivity index (χ1) is 8.74. The Labute approximate surface area is 109 Å². The Kier molecular flexibility index (Phi) is 3.38. The van der Waals surface area contributed by atoms with E-state index in [2.05, 4.69) is 12.2 Å². The predicted molar refractivity (Wildman–Crippen MR) is 72.0 cm³/mol. The molecule has 1 nitrogen and oxygen atoms in total. The molecule has 3 unspecified atom stereocenters. The molecular weight excluding hydrogens is 225 g/mol. The average molecular weight is 247 g/mol. The van der Waals surface area contributed by atoms with Crippen molar-refractivity contribution in [2.45, 2.75) is 57.5 Å². The van der Waals surface area contributed by atoms with Crippen molar-refractivity contribution < 1.29 is 4.39 Å². The Bertz CT molecular complexity index is 429. The summed E-state index contributed by atoms with van der Waals surface area (Å²) in [5, 5.41) is 3.82. The standard InChI is InChI=1S/C16H22FN/c1-11-4-2-3-5-15(11)18-16-9-6-12-10-13(17)7-8-14(12)16/h7-8,10-11,15-16,18H,2-6,9H2,1H3. The highest BCUT2D eigenvalue weighted by Crippen LogP contribution is 2.34. The number of nitrogens with one attached hydrogen (secondary N) is 1. The van der Waals surface area contributed by atoms with E-state index >= 15 is 0 Å². The summed E-state index contributed by atoms with van der Waals surface area (Å²) in [4.78, 5) is 0. The molecule has 0 saturated heterocycles. The van der Waals surface area contributed by atoms with Gasteiger partial charge < -0.3 is 5.32 Å². The summed E-state index contributed by atoms with van der Waals surface area (Å²) in [5.74, 6) is 0.684. The Morgan fingerprint density at radius 3 is 2.83 bits per heavy atom. The lowest BCUT2D eigenvalue weighted by Crippen LogP contribution is -2.38. The summed E-state index contributed by atoms with van der Waals surface area (Å²) in [6, 6.07) is 6.39. The number of hydrogen-bond donors (Lipinski definition) is 1. The van der Waals surface area contributed by atoms with Gasteiger partial charge in [0.25, 0.3) is 0 Å². The van der Waals surface area contributed by atoms with Gasteiger partial charge in [0.05, 0.1) is 0 Å². The van der Waals surface area contributed by atoms with Crippen LogP contribution in [0.25, 0.3) is 0 Å². The van der Waals surface area contributed by atoms with Crippen molar-refractivity contribution in [2.75, 3.05) is 0 Å². The zero-order chi connectivity index (χ0) is 12.5. The molecule has 0 aliphatic heterocycles. The predicted octanol–water partition coefficient (Wildman–Crippen LogP) is 3.98. The molecule has 0 bridgehead atoms. The van der Waals surface area contributed by atoms with E-state index in [9.17, 15) is 4.39 Å². The molecule has 0 heterocycles. The molecule has 2 aliphatic rings. The number of rotatable bonds is 2. The molecule has 2 heteroatoms. The minimum absolute atomic E-state index is 0.0968. The number of halogens is 1. The van der Waals surface area contributed by atoms with Crippen LogP contribution < -0.4 is 5.32 Å². The minimum Gasteiger partial charge on any atom is -0.307 e. The molecule has 1 saturated carbocycles. The van der Waals surface area contributed by atoms with Crippen LogP contribution in [0.3, 0.4) is 0 Å². The van der Waals surface area contributed by atoms with Gasteiger partial charge in [-0.1, -0.05) is 25.8 Å². The normalized spacial score (nSPS) is 31.3. The molecule has 3 atom stereocenters. The van der Waals surface area contributed by atoms with Gasteiger partial charge in [-0.2, -0.15) is 0 Å². The van der Waals surface area contributed by atoms with Crippen molar-refractivity contribution in [3.63, 3.8) is 0 Å². The smallest absolute Gasteiger partial charge is 0.123 e. The second kappa shape index (κ2) is 5.00. The Balaban J connectivity index is 1.72. The molecular formula is C16H22FN. The van der Waals surface area contributed by atoms with Gasteiger partial charge in [-0.3, -0.25) is 0 Å². The van der Waals surface area contributed by atoms with Crippen LogP contribution in [0.1, 0.15) is 56.2 Å². The molecule has 1 aromatic rings. The van der Waals surface area contributed by atoms with Crippen molar-refractivity contribution in [1.82, 2.24) is 5.32 Å². The van der Waals surface area contributed by atoms with Gasteiger partial charge in [0.15, 0.2) is 0 Å². The second-order valence-electron chi connectivity index (χ2n) is 5.97. The summed E-state index contributed by atoms with van der Waals surface area (Å²) in [5.41, 5.74) is 2.53. The summed E-state index contributed by atoms with van der Waals surface area (Å²) >= 11 is 0. The number of hydrogen-bond acceptors (Lipinski definition) is 1. The Morgan fingerprint density at radius 2 is 2.00 bits per heavy atom. The first-order valence-electron chi connectivity index (χ1n) is 7.28. The van der Waals surface area contributed by atoms with E-state index in [0.717, 1.165) is 18.8 Å². The summed E-state index contributed by atoms with van der Waals surface area (Å²) in [6.45, 7) is 2.36. The fourth-order valence-corrected chi connectivity index (χ4v) is 3.58. The van der Waals surface area contributed by atoms with Gasteiger partial charge in [-0.15, -0.1) is 0 Å². The van der Waals surface area contributed by atoms with Crippen molar-refractivity contribution in [3.05, 3.63) is 35.1 Å². The second-order valence-corrected chi connectivity index (χ2v) is 5.97. The molecule has 0 amide bonds. The van der Waals surface area contributed by atoms with E-state index in [1.165, 1.54) is 36.8 Å². The average Bonchev–Trinajstić information content (AvgIpc) is 2.74. The van der Waals surface area contributed by atoms with E-state index in [4.69, 9.17) is 0 Å². The maximum absolute atomic E-state index is 13.2. The van der Waals surface area contributed by atoms with Crippen LogP contribution in [0.4, 0.5) is 4.39 Å². The van der Waals surface area contributed by atoms with Crippen LogP contribution in [0.2, 0.25) is 0 Å². The zero-order valence-electron chi connectivity index (χ0n) is 11.1. The summed E-state index contributed by atoms with van der Waals surface area (Å²) in [7, 11) is 0. The molecule has 18 heavy (non-hydrogen) atoms. The third kappa shape index (κ3) is 2.31. The van der Waals surface area contributed by atoms with E-state index in [-0.39, 0.29) is 5.82 Å². The Hall–Kier alpha value is -0.890. The summed E-state index contributed by atoms with van der Waals surface area (Å²) < 4.78 is 13.2. The quantitative estimate of drug-likeness (QED) is 0.833. The molecule has 1 aromatic carbocycles. The van der Waals surface area contributed by atoms with Crippen LogP contribution in [0, 0.1) is 11.7 Å².